The first-order valence-corrected chi connectivity index (χ1v) is 13.5. The first kappa shape index (κ1) is 25.0. The molecule has 35 heavy (non-hydrogen) atoms. The number of nitrogens with zero attached hydrogens (tertiary/aromatic N) is 3. The van der Waals surface area contributed by atoms with Gasteiger partial charge in [-0.3, -0.25) is 0 Å². The molecule has 0 unspecified atom stereocenters. The van der Waals surface area contributed by atoms with E-state index in [1.807, 2.05) is 29.8 Å². The molecule has 0 spiro atoms. The number of hydrogen-bond acceptors (Lipinski definition) is 5. The predicted molar refractivity (Wildman–Crippen MR) is 141 cm³/mol. The van der Waals surface area contributed by atoms with Crippen LogP contribution in [0.15, 0.2) is 53.4 Å². The molecule has 184 valence electrons. The van der Waals surface area contributed by atoms with Crippen LogP contribution < -0.4 is 9.62 Å². The zero-order valence-corrected chi connectivity index (χ0v) is 21.1. The Kier molecular flexibility index (Phi) is 7.60. The number of hydrogen-bond donors (Lipinski definition) is 2. The highest BCUT2D eigenvalue weighted by Crippen LogP contribution is 2.31. The normalized spacial score (nSPS) is 15.2. The fraction of sp³-hybridized carbons (Fsp3) is 0.370. The van der Waals surface area contributed by atoms with Crippen molar-refractivity contribution in [3.05, 3.63) is 59.1 Å². The molecule has 2 heterocycles. The van der Waals surface area contributed by atoms with Gasteiger partial charge in [0.2, 0.25) is 0 Å². The third-order valence-electron chi connectivity index (χ3n) is 6.68. The summed E-state index contributed by atoms with van der Waals surface area (Å²) in [5, 5.41) is 20.9. The molecule has 2 aromatic carbocycles. The minimum absolute atomic E-state index is 0.0756. The molecule has 8 heteroatoms. The van der Waals surface area contributed by atoms with Crippen molar-refractivity contribution in [3.8, 4) is 17.3 Å². The molecule has 0 atom stereocenters. The molecule has 0 aliphatic carbocycles. The zero-order chi connectivity index (χ0) is 25.0. The average Bonchev–Trinajstić information content (AvgIpc) is 3.25. The number of nitriles is 1. The Morgan fingerprint density at radius 1 is 1.06 bits per heavy atom. The van der Waals surface area contributed by atoms with Crippen molar-refractivity contribution in [2.24, 2.45) is 7.05 Å². The second kappa shape index (κ2) is 10.6. The molecule has 1 aromatic heterocycles. The number of aliphatic hydroxyl groups is 1. The molecule has 7 nitrogen and oxygen atoms in total. The second-order valence-electron chi connectivity index (χ2n) is 9.00. The number of benzene rings is 2. The standard InChI is InChI=1S/C27H32N4O3S/c1-20(27(19-28)35(33,34)29-13-6-16-32)25-11-12-26(30(25)2)23-8-7-22-18-24(10-9-21(22)17-23)31-14-4-3-5-15-31/h7-12,17-18,29,32H,3-6,13-16H2,1-2H3/b27-20+. The maximum atomic E-state index is 12.6. The number of anilines is 1. The van der Waals surface area contributed by atoms with Crippen molar-refractivity contribution >= 4 is 32.1 Å². The Morgan fingerprint density at radius 2 is 1.77 bits per heavy atom. The van der Waals surface area contributed by atoms with Gasteiger partial charge in [-0.15, -0.1) is 0 Å². The summed E-state index contributed by atoms with van der Waals surface area (Å²) in [6, 6.07) is 18.6. The fourth-order valence-electron chi connectivity index (χ4n) is 4.74. The Labute approximate surface area is 207 Å². The quantitative estimate of drug-likeness (QED) is 0.359. The van der Waals surface area contributed by atoms with E-state index in [1.54, 1.807) is 6.92 Å². The van der Waals surface area contributed by atoms with E-state index in [4.69, 9.17) is 5.11 Å². The van der Waals surface area contributed by atoms with E-state index in [-0.39, 0.29) is 24.5 Å². The van der Waals surface area contributed by atoms with E-state index in [0.29, 0.717) is 11.3 Å². The number of rotatable bonds is 8. The van der Waals surface area contributed by atoms with Crippen molar-refractivity contribution in [1.29, 1.82) is 5.26 Å². The highest BCUT2D eigenvalue weighted by Gasteiger charge is 2.22. The first-order valence-electron chi connectivity index (χ1n) is 12.0. The number of sulfonamides is 1. The smallest absolute Gasteiger partial charge is 0.251 e. The summed E-state index contributed by atoms with van der Waals surface area (Å²) in [6.07, 6.45) is 4.08. The van der Waals surface area contributed by atoms with Crippen LogP contribution in [0.1, 0.15) is 38.3 Å². The van der Waals surface area contributed by atoms with E-state index in [9.17, 15) is 13.7 Å². The molecular weight excluding hydrogens is 460 g/mol. The Bertz CT molecular complexity index is 1390. The fourth-order valence-corrected chi connectivity index (χ4v) is 5.92. The number of nitrogens with one attached hydrogen (secondary N) is 1. The number of allylic oxidation sites excluding steroid dienone is 2. The minimum atomic E-state index is -3.97. The van der Waals surface area contributed by atoms with Gasteiger partial charge in [0.25, 0.3) is 10.0 Å². The Balaban J connectivity index is 1.65. The van der Waals surface area contributed by atoms with Crippen LogP contribution in [0.2, 0.25) is 0 Å². The van der Waals surface area contributed by atoms with E-state index < -0.39 is 10.0 Å². The maximum absolute atomic E-state index is 12.6. The van der Waals surface area contributed by atoms with Crippen molar-refractivity contribution < 1.29 is 13.5 Å². The summed E-state index contributed by atoms with van der Waals surface area (Å²) in [6.45, 7) is 3.82. The number of aliphatic hydroxyl groups excluding tert-OH is 1. The third-order valence-corrected chi connectivity index (χ3v) is 8.20. The minimum Gasteiger partial charge on any atom is -0.396 e. The van der Waals surface area contributed by atoms with Crippen LogP contribution in [-0.2, 0) is 17.1 Å². The van der Waals surface area contributed by atoms with Crippen LogP contribution >= 0.6 is 0 Å². The third kappa shape index (κ3) is 5.27. The van der Waals surface area contributed by atoms with Gasteiger partial charge >= 0.3 is 0 Å². The van der Waals surface area contributed by atoms with Crippen molar-refractivity contribution in [1.82, 2.24) is 9.29 Å². The summed E-state index contributed by atoms with van der Waals surface area (Å²) in [5.41, 5.74) is 4.26. The predicted octanol–water partition coefficient (Wildman–Crippen LogP) is 4.39. The second-order valence-corrected chi connectivity index (χ2v) is 10.7. The van der Waals surface area contributed by atoms with Gasteiger partial charge in [0.1, 0.15) is 6.07 Å². The van der Waals surface area contributed by atoms with Gasteiger partial charge in [-0.05, 0) is 79.3 Å². The lowest BCUT2D eigenvalue weighted by molar-refractivity contribution is 0.289. The van der Waals surface area contributed by atoms with Crippen LogP contribution in [0.3, 0.4) is 0 Å². The lowest BCUT2D eigenvalue weighted by Crippen LogP contribution is -2.29. The van der Waals surface area contributed by atoms with Gasteiger partial charge in [-0.2, -0.15) is 5.26 Å². The topological polar surface area (TPSA) is 98.4 Å². The highest BCUT2D eigenvalue weighted by atomic mass is 32.2. The van der Waals surface area contributed by atoms with Gasteiger partial charge in [-0.1, -0.05) is 18.2 Å². The number of piperidine rings is 1. The van der Waals surface area contributed by atoms with E-state index in [0.717, 1.165) is 29.7 Å². The summed E-state index contributed by atoms with van der Waals surface area (Å²) in [5.74, 6) is 0. The van der Waals surface area contributed by atoms with Crippen molar-refractivity contribution in [2.45, 2.75) is 32.6 Å². The monoisotopic (exact) mass is 492 g/mol. The van der Waals surface area contributed by atoms with E-state index >= 15 is 0 Å². The van der Waals surface area contributed by atoms with Crippen LogP contribution in [0.5, 0.6) is 0 Å². The molecule has 3 aromatic rings. The van der Waals surface area contributed by atoms with Gasteiger partial charge in [0, 0.05) is 55.9 Å². The summed E-state index contributed by atoms with van der Waals surface area (Å²) >= 11 is 0. The van der Waals surface area contributed by atoms with Crippen LogP contribution in [0.4, 0.5) is 5.69 Å². The molecule has 1 fully saturated rings. The van der Waals surface area contributed by atoms with Crippen molar-refractivity contribution in [3.63, 3.8) is 0 Å². The maximum Gasteiger partial charge on any atom is 0.251 e. The number of fused-ring (bicyclic) bond motifs is 1. The van der Waals surface area contributed by atoms with E-state index in [1.165, 1.54) is 30.3 Å². The van der Waals surface area contributed by atoms with Crippen LogP contribution in [-0.4, -0.2) is 44.3 Å². The lowest BCUT2D eigenvalue weighted by atomic mass is 10.0. The van der Waals surface area contributed by atoms with Crippen LogP contribution in [0.25, 0.3) is 27.6 Å². The molecule has 0 bridgehead atoms. The average molecular weight is 493 g/mol. The van der Waals surface area contributed by atoms with Gasteiger partial charge < -0.3 is 14.6 Å². The molecule has 1 aliphatic heterocycles. The largest absolute Gasteiger partial charge is 0.396 e. The Morgan fingerprint density at radius 3 is 2.49 bits per heavy atom. The molecule has 1 aliphatic rings. The summed E-state index contributed by atoms with van der Waals surface area (Å²) in [7, 11) is -2.09. The molecule has 4 rings (SSSR count). The molecule has 2 N–H and O–H groups in total. The molecular formula is C27H32N4O3S. The lowest BCUT2D eigenvalue weighted by Gasteiger charge is -2.29. The highest BCUT2D eigenvalue weighted by molar-refractivity contribution is 7.93. The van der Waals surface area contributed by atoms with Crippen LogP contribution in [0, 0.1) is 11.3 Å². The molecule has 0 amide bonds. The van der Waals surface area contributed by atoms with Gasteiger partial charge in [-0.25, -0.2) is 13.1 Å². The first-order chi connectivity index (χ1) is 16.9. The molecule has 0 radical (unpaired) electrons. The van der Waals surface area contributed by atoms with Crippen molar-refractivity contribution in [2.75, 3.05) is 31.1 Å². The van der Waals surface area contributed by atoms with Gasteiger partial charge in [0.15, 0.2) is 4.91 Å². The summed E-state index contributed by atoms with van der Waals surface area (Å²) < 4.78 is 29.6. The molecule has 1 saturated heterocycles. The SMILES string of the molecule is C/C(=C(/C#N)S(=O)(=O)NCCCO)c1ccc(-c2ccc3cc(N4CCCCC4)ccc3c2)n1C. The molecule has 0 saturated carbocycles. The van der Waals surface area contributed by atoms with E-state index in [2.05, 4.69) is 46.0 Å². The zero-order valence-electron chi connectivity index (χ0n) is 20.3. The number of aromatic nitrogens is 1. The summed E-state index contributed by atoms with van der Waals surface area (Å²) in [4.78, 5) is 2.14. The Hall–Kier alpha value is -3.12. The van der Waals surface area contributed by atoms with Gasteiger partial charge in [0.05, 0.1) is 0 Å².